The highest BCUT2D eigenvalue weighted by Gasteiger charge is 2.40. The Morgan fingerprint density at radius 2 is 1.77 bits per heavy atom. The van der Waals surface area contributed by atoms with Gasteiger partial charge in [0.15, 0.2) is 0 Å². The zero-order valence-corrected chi connectivity index (χ0v) is 15.4. The predicted molar refractivity (Wildman–Crippen MR) is 98.0 cm³/mol. The van der Waals surface area contributed by atoms with Crippen molar-refractivity contribution in [3.8, 4) is 0 Å². The molecule has 138 valence electrons. The number of rotatable bonds is 4. The van der Waals surface area contributed by atoms with E-state index in [1.165, 1.54) is 4.90 Å². The van der Waals surface area contributed by atoms with Crippen LogP contribution in [0, 0.1) is 0 Å². The number of thioether (sulfide) groups is 1. The minimum absolute atomic E-state index is 0.0725. The van der Waals surface area contributed by atoms with Crippen LogP contribution in [-0.2, 0) is 9.53 Å². The molecule has 0 radical (unpaired) electrons. The summed E-state index contributed by atoms with van der Waals surface area (Å²) in [7, 11) is 0. The molecule has 4 rings (SSSR count). The normalized spacial score (nSPS) is 21.5. The van der Waals surface area contributed by atoms with Crippen LogP contribution in [0.2, 0.25) is 0 Å². The molecule has 26 heavy (non-hydrogen) atoms. The molecule has 1 aromatic carbocycles. The Hall–Kier alpha value is -1.86. The number of hydrogen-bond acceptors (Lipinski definition) is 5. The number of carbonyl (C=O) groups is 3. The molecule has 2 saturated heterocycles. The standard InChI is InChI=1S/C19H22N2O4S/c22-16(20-10-7-19(8-11-20)25-12-13-26-19)6-3-9-21-17(23)14-4-1-2-5-15(14)18(21)24/h1-2,4-5H,3,6-13H2. The van der Waals surface area contributed by atoms with Gasteiger partial charge >= 0.3 is 0 Å². The third kappa shape index (κ3) is 3.14. The highest BCUT2D eigenvalue weighted by molar-refractivity contribution is 8.00. The topological polar surface area (TPSA) is 66.9 Å². The first kappa shape index (κ1) is 17.5. The first-order valence-corrected chi connectivity index (χ1v) is 10.1. The van der Waals surface area contributed by atoms with Gasteiger partial charge in [-0.15, -0.1) is 11.8 Å². The summed E-state index contributed by atoms with van der Waals surface area (Å²) in [5.41, 5.74) is 0.915. The molecule has 0 bridgehead atoms. The molecule has 3 aliphatic rings. The maximum atomic E-state index is 12.4. The van der Waals surface area contributed by atoms with Crippen molar-refractivity contribution in [3.05, 3.63) is 35.4 Å². The van der Waals surface area contributed by atoms with E-state index in [-0.39, 0.29) is 29.2 Å². The second-order valence-electron chi connectivity index (χ2n) is 6.90. The average molecular weight is 374 g/mol. The fourth-order valence-electron chi connectivity index (χ4n) is 3.87. The lowest BCUT2D eigenvalue weighted by Gasteiger charge is -2.38. The number of piperidine rings is 1. The molecule has 0 atom stereocenters. The molecule has 1 spiro atoms. The van der Waals surface area contributed by atoms with Crippen molar-refractivity contribution in [1.82, 2.24) is 9.80 Å². The molecule has 3 aliphatic heterocycles. The number of benzene rings is 1. The molecule has 6 nitrogen and oxygen atoms in total. The third-order valence-corrected chi connectivity index (χ3v) is 6.77. The van der Waals surface area contributed by atoms with Crippen LogP contribution in [0.4, 0.5) is 0 Å². The monoisotopic (exact) mass is 374 g/mol. The van der Waals surface area contributed by atoms with Crippen LogP contribution in [-0.4, -0.2) is 64.4 Å². The first-order chi connectivity index (χ1) is 12.6. The van der Waals surface area contributed by atoms with Gasteiger partial charge in [0.25, 0.3) is 11.8 Å². The highest BCUT2D eigenvalue weighted by atomic mass is 32.2. The van der Waals surface area contributed by atoms with Crippen LogP contribution < -0.4 is 0 Å². The van der Waals surface area contributed by atoms with E-state index in [0.29, 0.717) is 24.0 Å². The molecule has 0 N–H and O–H groups in total. The van der Waals surface area contributed by atoms with E-state index >= 15 is 0 Å². The number of imide groups is 1. The summed E-state index contributed by atoms with van der Waals surface area (Å²) in [6.45, 7) is 2.53. The van der Waals surface area contributed by atoms with Gasteiger partial charge in [0.05, 0.1) is 17.7 Å². The molecule has 1 aromatic rings. The molecule has 7 heteroatoms. The number of carbonyl (C=O) groups excluding carboxylic acids is 3. The Balaban J connectivity index is 1.26. The van der Waals surface area contributed by atoms with Crippen molar-refractivity contribution in [2.24, 2.45) is 0 Å². The smallest absolute Gasteiger partial charge is 0.261 e. The van der Waals surface area contributed by atoms with E-state index in [0.717, 1.165) is 38.3 Å². The van der Waals surface area contributed by atoms with Crippen molar-refractivity contribution < 1.29 is 19.1 Å². The largest absolute Gasteiger partial charge is 0.363 e. The lowest BCUT2D eigenvalue weighted by molar-refractivity contribution is -0.134. The Bertz CT molecular complexity index is 700. The maximum Gasteiger partial charge on any atom is 0.261 e. The molecule has 0 aromatic heterocycles. The molecule has 3 heterocycles. The van der Waals surface area contributed by atoms with Crippen molar-refractivity contribution in [1.29, 1.82) is 0 Å². The van der Waals surface area contributed by atoms with E-state index in [9.17, 15) is 14.4 Å². The lowest BCUT2D eigenvalue weighted by Crippen LogP contribution is -2.45. The fourth-order valence-corrected chi connectivity index (χ4v) is 5.05. The highest BCUT2D eigenvalue weighted by Crippen LogP contribution is 2.41. The van der Waals surface area contributed by atoms with Crippen LogP contribution in [0.1, 0.15) is 46.4 Å². The van der Waals surface area contributed by atoms with E-state index < -0.39 is 0 Å². The third-order valence-electron chi connectivity index (χ3n) is 5.34. The quantitative estimate of drug-likeness (QED) is 0.756. The van der Waals surface area contributed by atoms with Gasteiger partial charge < -0.3 is 9.64 Å². The lowest BCUT2D eigenvalue weighted by atomic mass is 10.1. The summed E-state index contributed by atoms with van der Waals surface area (Å²) in [6, 6.07) is 6.86. The summed E-state index contributed by atoms with van der Waals surface area (Å²) in [5, 5.41) is 0. The van der Waals surface area contributed by atoms with Gasteiger partial charge in [0.2, 0.25) is 5.91 Å². The van der Waals surface area contributed by atoms with Gasteiger partial charge in [-0.05, 0) is 18.6 Å². The summed E-state index contributed by atoms with van der Waals surface area (Å²) in [5.74, 6) is 0.620. The van der Waals surface area contributed by atoms with Crippen molar-refractivity contribution in [2.45, 2.75) is 30.6 Å². The van der Waals surface area contributed by atoms with Crippen LogP contribution in [0.5, 0.6) is 0 Å². The summed E-state index contributed by atoms with van der Waals surface area (Å²) in [4.78, 5) is 40.2. The minimum atomic E-state index is -0.256. The zero-order valence-electron chi connectivity index (χ0n) is 14.6. The van der Waals surface area contributed by atoms with Crippen molar-refractivity contribution >= 4 is 29.5 Å². The van der Waals surface area contributed by atoms with Crippen LogP contribution in [0.25, 0.3) is 0 Å². The van der Waals surface area contributed by atoms with Gasteiger partial charge in [-0.25, -0.2) is 0 Å². The predicted octanol–water partition coefficient (Wildman–Crippen LogP) is 2.14. The van der Waals surface area contributed by atoms with Gasteiger partial charge in [0, 0.05) is 44.6 Å². The van der Waals surface area contributed by atoms with Gasteiger partial charge in [-0.3, -0.25) is 19.3 Å². The molecule has 3 amide bonds. The number of ether oxygens (including phenoxy) is 1. The molecule has 0 unspecified atom stereocenters. The minimum Gasteiger partial charge on any atom is -0.363 e. The van der Waals surface area contributed by atoms with E-state index in [4.69, 9.17) is 4.74 Å². The fraction of sp³-hybridized carbons (Fsp3) is 0.526. The second-order valence-corrected chi connectivity index (χ2v) is 8.34. The average Bonchev–Trinajstić information content (AvgIpc) is 3.21. The Morgan fingerprint density at radius 1 is 1.12 bits per heavy atom. The van der Waals surface area contributed by atoms with Crippen LogP contribution >= 0.6 is 11.8 Å². The van der Waals surface area contributed by atoms with E-state index in [2.05, 4.69) is 0 Å². The van der Waals surface area contributed by atoms with Crippen LogP contribution in [0.15, 0.2) is 24.3 Å². The zero-order chi connectivity index (χ0) is 18.1. The number of amides is 3. The Labute approximate surface area is 156 Å². The number of nitrogens with zero attached hydrogens (tertiary/aromatic N) is 2. The molecule has 0 saturated carbocycles. The molecule has 2 fully saturated rings. The van der Waals surface area contributed by atoms with E-state index in [1.807, 2.05) is 16.7 Å². The Kier molecular flexibility index (Phi) is 4.75. The first-order valence-electron chi connectivity index (χ1n) is 9.11. The number of hydrogen-bond donors (Lipinski definition) is 0. The Morgan fingerprint density at radius 3 is 2.35 bits per heavy atom. The van der Waals surface area contributed by atoms with Gasteiger partial charge in [-0.1, -0.05) is 12.1 Å². The van der Waals surface area contributed by atoms with Crippen LogP contribution in [0.3, 0.4) is 0 Å². The summed E-state index contributed by atoms with van der Waals surface area (Å²) in [6.07, 6.45) is 2.61. The number of likely N-dealkylation sites (tertiary alicyclic amines) is 1. The van der Waals surface area contributed by atoms with Crippen molar-refractivity contribution in [3.63, 3.8) is 0 Å². The van der Waals surface area contributed by atoms with Crippen molar-refractivity contribution in [2.75, 3.05) is 32.0 Å². The molecular formula is C19H22N2O4S. The summed E-state index contributed by atoms with van der Waals surface area (Å²) < 4.78 is 5.86. The maximum absolute atomic E-state index is 12.4. The van der Waals surface area contributed by atoms with E-state index in [1.54, 1.807) is 24.3 Å². The number of fused-ring (bicyclic) bond motifs is 1. The van der Waals surface area contributed by atoms with Gasteiger partial charge in [0.1, 0.15) is 4.93 Å². The summed E-state index contributed by atoms with van der Waals surface area (Å²) >= 11 is 1.87. The molecule has 0 aliphatic carbocycles. The van der Waals surface area contributed by atoms with Gasteiger partial charge in [-0.2, -0.15) is 0 Å². The molecular weight excluding hydrogens is 352 g/mol. The SMILES string of the molecule is O=C(CCCN1C(=O)c2ccccc2C1=O)N1CCC2(CC1)OCCS2. The second kappa shape index (κ2) is 7.04.